The van der Waals surface area contributed by atoms with E-state index < -0.39 is 18.5 Å². The van der Waals surface area contributed by atoms with E-state index in [2.05, 4.69) is 10.6 Å². The molecule has 0 aliphatic carbocycles. The second kappa shape index (κ2) is 6.10. The van der Waals surface area contributed by atoms with Crippen LogP contribution in [-0.4, -0.2) is 23.7 Å². The van der Waals surface area contributed by atoms with Gasteiger partial charge in [-0.05, 0) is 24.6 Å². The molecule has 0 radical (unpaired) electrons. The van der Waals surface area contributed by atoms with Crippen molar-refractivity contribution in [2.75, 3.05) is 6.54 Å². The van der Waals surface area contributed by atoms with Gasteiger partial charge in [-0.25, -0.2) is 4.79 Å². The van der Waals surface area contributed by atoms with Gasteiger partial charge in [0.05, 0.1) is 6.04 Å². The zero-order valence-electron chi connectivity index (χ0n) is 9.24. The average Bonchev–Trinajstić information content (AvgIpc) is 2.27. The fourth-order valence-electron chi connectivity index (χ4n) is 1.24. The molecule has 0 spiro atoms. The molecule has 0 fully saturated rings. The number of carbonyl (C=O) groups is 2. The number of aliphatic carboxylic acids is 1. The fourth-order valence-corrected chi connectivity index (χ4v) is 1.36. The van der Waals surface area contributed by atoms with Crippen molar-refractivity contribution in [3.8, 4) is 0 Å². The molecule has 0 saturated carbocycles. The highest BCUT2D eigenvalue weighted by Gasteiger charge is 2.09. The molecule has 0 saturated heterocycles. The number of carboxylic acid groups (broad SMARTS) is 1. The number of halogens is 1. The maximum Gasteiger partial charge on any atom is 0.323 e. The zero-order valence-corrected chi connectivity index (χ0v) is 9.99. The van der Waals surface area contributed by atoms with Crippen molar-refractivity contribution in [2.24, 2.45) is 0 Å². The zero-order chi connectivity index (χ0) is 12.8. The van der Waals surface area contributed by atoms with Crippen LogP contribution in [0.3, 0.4) is 0 Å². The van der Waals surface area contributed by atoms with Crippen LogP contribution in [-0.2, 0) is 4.79 Å². The molecule has 0 heterocycles. The minimum Gasteiger partial charge on any atom is -0.480 e. The summed E-state index contributed by atoms with van der Waals surface area (Å²) in [7, 11) is 0. The first-order valence-corrected chi connectivity index (χ1v) is 5.38. The van der Waals surface area contributed by atoms with Gasteiger partial charge in [0.25, 0.3) is 0 Å². The van der Waals surface area contributed by atoms with Crippen LogP contribution in [0.4, 0.5) is 4.79 Å². The number of rotatable bonds is 4. The summed E-state index contributed by atoms with van der Waals surface area (Å²) in [5.41, 5.74) is 0.889. The van der Waals surface area contributed by atoms with Gasteiger partial charge < -0.3 is 15.7 Å². The molecule has 0 bridgehead atoms. The average molecular weight is 257 g/mol. The SMILES string of the molecule is CC(NC(=O)NCC(=O)O)c1ccc(Cl)cc1. The minimum atomic E-state index is -1.08. The van der Waals surface area contributed by atoms with E-state index in [9.17, 15) is 9.59 Å². The summed E-state index contributed by atoms with van der Waals surface area (Å²) in [5, 5.41) is 13.8. The van der Waals surface area contributed by atoms with Gasteiger partial charge in [0.2, 0.25) is 0 Å². The van der Waals surface area contributed by atoms with Crippen LogP contribution < -0.4 is 10.6 Å². The van der Waals surface area contributed by atoms with E-state index in [-0.39, 0.29) is 6.04 Å². The Morgan fingerprint density at radius 2 is 1.94 bits per heavy atom. The standard InChI is InChI=1S/C11H13ClN2O3/c1-7(8-2-4-9(12)5-3-8)14-11(17)13-6-10(15)16/h2-5,7H,6H2,1H3,(H,15,16)(H2,13,14,17). The molecule has 1 aromatic rings. The van der Waals surface area contributed by atoms with E-state index >= 15 is 0 Å². The number of urea groups is 1. The molecule has 1 unspecified atom stereocenters. The summed E-state index contributed by atoms with van der Waals surface area (Å²) in [6.45, 7) is 1.39. The highest BCUT2D eigenvalue weighted by Crippen LogP contribution is 2.15. The number of carboxylic acids is 1. The van der Waals surface area contributed by atoms with Crippen molar-refractivity contribution >= 4 is 23.6 Å². The van der Waals surface area contributed by atoms with Crippen molar-refractivity contribution in [3.63, 3.8) is 0 Å². The Morgan fingerprint density at radius 1 is 1.35 bits per heavy atom. The molecule has 0 aliphatic rings. The van der Waals surface area contributed by atoms with Gasteiger partial charge in [0.1, 0.15) is 6.54 Å². The van der Waals surface area contributed by atoms with Gasteiger partial charge >= 0.3 is 12.0 Å². The quantitative estimate of drug-likeness (QED) is 0.768. The van der Waals surface area contributed by atoms with E-state index in [1.807, 2.05) is 0 Å². The van der Waals surface area contributed by atoms with Crippen molar-refractivity contribution in [2.45, 2.75) is 13.0 Å². The number of hydrogen-bond acceptors (Lipinski definition) is 2. The monoisotopic (exact) mass is 256 g/mol. The van der Waals surface area contributed by atoms with Crippen LogP contribution in [0.5, 0.6) is 0 Å². The van der Waals surface area contributed by atoms with Crippen molar-refractivity contribution < 1.29 is 14.7 Å². The highest BCUT2D eigenvalue weighted by atomic mass is 35.5. The van der Waals surface area contributed by atoms with E-state index in [1.165, 1.54) is 0 Å². The van der Waals surface area contributed by atoms with Gasteiger partial charge in [-0.2, -0.15) is 0 Å². The Bertz CT molecular complexity index is 406. The summed E-state index contributed by atoms with van der Waals surface area (Å²) >= 11 is 5.74. The summed E-state index contributed by atoms with van der Waals surface area (Å²) in [6.07, 6.45) is 0. The number of carbonyl (C=O) groups excluding carboxylic acids is 1. The molecule has 5 nitrogen and oxygen atoms in total. The normalized spacial score (nSPS) is 11.6. The molecular weight excluding hydrogens is 244 g/mol. The van der Waals surface area contributed by atoms with Gasteiger partial charge in [-0.3, -0.25) is 4.79 Å². The molecule has 1 rings (SSSR count). The van der Waals surface area contributed by atoms with Crippen LogP contribution in [0.2, 0.25) is 5.02 Å². The smallest absolute Gasteiger partial charge is 0.323 e. The first-order chi connectivity index (χ1) is 7.99. The maximum absolute atomic E-state index is 11.3. The number of benzene rings is 1. The fraction of sp³-hybridized carbons (Fsp3) is 0.273. The molecule has 17 heavy (non-hydrogen) atoms. The number of nitrogens with one attached hydrogen (secondary N) is 2. The van der Waals surface area contributed by atoms with Gasteiger partial charge in [0.15, 0.2) is 0 Å². The van der Waals surface area contributed by atoms with Gasteiger partial charge in [-0.1, -0.05) is 23.7 Å². The molecule has 1 aromatic carbocycles. The summed E-state index contributed by atoms with van der Waals surface area (Å²) < 4.78 is 0. The second-order valence-electron chi connectivity index (χ2n) is 3.49. The van der Waals surface area contributed by atoms with Crippen molar-refractivity contribution in [1.82, 2.24) is 10.6 Å². The lowest BCUT2D eigenvalue weighted by Crippen LogP contribution is -2.39. The molecule has 1 atom stereocenters. The lowest BCUT2D eigenvalue weighted by Gasteiger charge is -2.14. The molecular formula is C11H13ClN2O3. The molecule has 3 N–H and O–H groups in total. The lowest BCUT2D eigenvalue weighted by molar-refractivity contribution is -0.135. The van der Waals surface area contributed by atoms with Gasteiger partial charge in [-0.15, -0.1) is 0 Å². The number of amides is 2. The van der Waals surface area contributed by atoms with E-state index in [1.54, 1.807) is 31.2 Å². The van der Waals surface area contributed by atoms with Crippen molar-refractivity contribution in [1.29, 1.82) is 0 Å². The Morgan fingerprint density at radius 3 is 2.47 bits per heavy atom. The highest BCUT2D eigenvalue weighted by molar-refractivity contribution is 6.30. The Labute approximate surface area is 104 Å². The summed E-state index contributed by atoms with van der Waals surface area (Å²) in [4.78, 5) is 21.5. The van der Waals surface area contributed by atoms with E-state index in [0.717, 1.165) is 5.56 Å². The Kier molecular flexibility index (Phi) is 4.78. The predicted molar refractivity (Wildman–Crippen MR) is 64.0 cm³/mol. The first-order valence-electron chi connectivity index (χ1n) is 5.00. The van der Waals surface area contributed by atoms with Crippen LogP contribution in [0.1, 0.15) is 18.5 Å². The van der Waals surface area contributed by atoms with Crippen LogP contribution >= 0.6 is 11.6 Å². The van der Waals surface area contributed by atoms with Gasteiger partial charge in [0, 0.05) is 5.02 Å². The minimum absolute atomic E-state index is 0.221. The maximum atomic E-state index is 11.3. The van der Waals surface area contributed by atoms with E-state index in [0.29, 0.717) is 5.02 Å². The Balaban J connectivity index is 2.48. The van der Waals surface area contributed by atoms with Crippen molar-refractivity contribution in [3.05, 3.63) is 34.9 Å². The Hall–Kier alpha value is -1.75. The molecule has 2 amide bonds. The molecule has 92 valence electrons. The third-order valence-electron chi connectivity index (χ3n) is 2.12. The van der Waals surface area contributed by atoms with Crippen LogP contribution in [0.25, 0.3) is 0 Å². The molecule has 0 aliphatic heterocycles. The lowest BCUT2D eigenvalue weighted by atomic mass is 10.1. The van der Waals surface area contributed by atoms with E-state index in [4.69, 9.17) is 16.7 Å². The third kappa shape index (κ3) is 4.74. The third-order valence-corrected chi connectivity index (χ3v) is 2.37. The van der Waals surface area contributed by atoms with Crippen LogP contribution in [0, 0.1) is 0 Å². The largest absolute Gasteiger partial charge is 0.480 e. The molecule has 6 heteroatoms. The summed E-state index contributed by atoms with van der Waals surface area (Å²) in [5.74, 6) is -1.08. The van der Waals surface area contributed by atoms with Crippen LogP contribution in [0.15, 0.2) is 24.3 Å². The first kappa shape index (κ1) is 13.3. The summed E-state index contributed by atoms with van der Waals surface area (Å²) in [6, 6.07) is 6.31. The topological polar surface area (TPSA) is 78.4 Å². The predicted octanol–water partition coefficient (Wildman–Crippen LogP) is 1.78. The molecule has 0 aromatic heterocycles. The number of hydrogen-bond donors (Lipinski definition) is 3. The second-order valence-corrected chi connectivity index (χ2v) is 3.93.